The molecule has 4 aromatic rings. The number of anilines is 1. The number of nitrogens with zero attached hydrogens (tertiary/aromatic N) is 4. The first-order chi connectivity index (χ1) is 18.3. The van der Waals surface area contributed by atoms with E-state index in [4.69, 9.17) is 14.2 Å². The van der Waals surface area contributed by atoms with Crippen molar-refractivity contribution in [3.8, 4) is 28.8 Å². The number of nitrogens with one attached hydrogen (secondary N) is 2. The molecule has 0 saturated carbocycles. The third-order valence-corrected chi connectivity index (χ3v) is 6.93. The van der Waals surface area contributed by atoms with Gasteiger partial charge in [0.15, 0.2) is 23.0 Å². The van der Waals surface area contributed by atoms with E-state index in [-0.39, 0.29) is 29.8 Å². The predicted molar refractivity (Wildman–Crippen MR) is 140 cm³/mol. The zero-order chi connectivity index (χ0) is 27.1. The third-order valence-electron chi connectivity index (χ3n) is 5.45. The van der Waals surface area contributed by atoms with E-state index in [0.29, 0.717) is 40.6 Å². The molecule has 2 aromatic heterocycles. The number of rotatable bonds is 12. The van der Waals surface area contributed by atoms with E-state index in [1.54, 1.807) is 50.6 Å². The van der Waals surface area contributed by atoms with Gasteiger partial charge in [-0.05, 0) is 55.0 Å². The first-order valence-electron chi connectivity index (χ1n) is 11.8. The van der Waals surface area contributed by atoms with Gasteiger partial charge in [0.1, 0.15) is 6.61 Å². The Hall–Kier alpha value is -4.23. The molecule has 0 aliphatic carbocycles. The highest BCUT2D eigenvalue weighted by Gasteiger charge is 2.15. The quantitative estimate of drug-likeness (QED) is 0.259. The lowest BCUT2D eigenvalue weighted by molar-refractivity contribution is -0.116. The standard InChI is InChI=1S/C25H28N6O6S/c1-4-5-23(32)27-18-7-9-19(10-8-18)38(33,34)26-14-15-37-24-13-12-22-28-29-25(31(22)30-24)17-6-11-20(35-2)21(16-17)36-3/h6-13,16,26H,4-5,14-15H2,1-3H3,(H,27,32). The minimum atomic E-state index is -3.76. The van der Waals surface area contributed by atoms with Crippen molar-refractivity contribution in [1.29, 1.82) is 0 Å². The summed E-state index contributed by atoms with van der Waals surface area (Å²) in [6, 6.07) is 14.6. The number of carbonyl (C=O) groups excluding carboxylic acids is 1. The van der Waals surface area contributed by atoms with Crippen molar-refractivity contribution in [2.24, 2.45) is 0 Å². The molecule has 13 heteroatoms. The molecule has 0 atom stereocenters. The second-order valence-corrected chi connectivity index (χ2v) is 9.87. The largest absolute Gasteiger partial charge is 0.493 e. The van der Waals surface area contributed by atoms with Crippen LogP contribution in [-0.2, 0) is 14.8 Å². The summed E-state index contributed by atoms with van der Waals surface area (Å²) in [5.41, 5.74) is 1.76. The molecule has 0 spiro atoms. The van der Waals surface area contributed by atoms with Gasteiger partial charge in [0, 0.05) is 30.3 Å². The van der Waals surface area contributed by atoms with Gasteiger partial charge in [0.05, 0.1) is 19.1 Å². The topological polar surface area (TPSA) is 146 Å². The summed E-state index contributed by atoms with van der Waals surface area (Å²) in [6.45, 7) is 1.96. The summed E-state index contributed by atoms with van der Waals surface area (Å²) >= 11 is 0. The fourth-order valence-electron chi connectivity index (χ4n) is 3.59. The van der Waals surface area contributed by atoms with Crippen molar-refractivity contribution in [3.63, 3.8) is 0 Å². The normalized spacial score (nSPS) is 11.3. The number of hydrogen-bond acceptors (Lipinski definition) is 9. The van der Waals surface area contributed by atoms with Crippen LogP contribution in [0.5, 0.6) is 17.4 Å². The first kappa shape index (κ1) is 26.8. The first-order valence-corrected chi connectivity index (χ1v) is 13.3. The van der Waals surface area contributed by atoms with Crippen molar-refractivity contribution in [2.45, 2.75) is 24.7 Å². The summed E-state index contributed by atoms with van der Waals surface area (Å²) in [6.07, 6.45) is 1.13. The van der Waals surface area contributed by atoms with Crippen molar-refractivity contribution in [2.75, 3.05) is 32.7 Å². The van der Waals surface area contributed by atoms with Crippen LogP contribution in [0.1, 0.15) is 19.8 Å². The van der Waals surface area contributed by atoms with Crippen molar-refractivity contribution in [3.05, 3.63) is 54.6 Å². The molecule has 0 aliphatic heterocycles. The maximum absolute atomic E-state index is 12.6. The van der Waals surface area contributed by atoms with Gasteiger partial charge >= 0.3 is 0 Å². The van der Waals surface area contributed by atoms with Crippen LogP contribution in [0.2, 0.25) is 0 Å². The van der Waals surface area contributed by atoms with E-state index in [1.807, 2.05) is 13.0 Å². The number of fused-ring (bicyclic) bond motifs is 1. The molecule has 0 unspecified atom stereocenters. The predicted octanol–water partition coefficient (Wildman–Crippen LogP) is 2.90. The van der Waals surface area contributed by atoms with Crippen LogP contribution < -0.4 is 24.2 Å². The lowest BCUT2D eigenvalue weighted by Gasteiger charge is -2.10. The number of sulfonamides is 1. The lowest BCUT2D eigenvalue weighted by atomic mass is 10.2. The Labute approximate surface area is 220 Å². The van der Waals surface area contributed by atoms with Crippen LogP contribution in [0.15, 0.2) is 59.5 Å². The average Bonchev–Trinajstić information content (AvgIpc) is 3.34. The zero-order valence-corrected chi connectivity index (χ0v) is 22.0. The Kier molecular flexibility index (Phi) is 8.38. The molecule has 2 aromatic carbocycles. The molecule has 200 valence electrons. The summed E-state index contributed by atoms with van der Waals surface area (Å²) in [5, 5.41) is 15.5. The Bertz CT molecular complexity index is 1520. The Morgan fingerprint density at radius 3 is 2.45 bits per heavy atom. The second-order valence-electron chi connectivity index (χ2n) is 8.10. The summed E-state index contributed by atoms with van der Waals surface area (Å²) in [4.78, 5) is 11.8. The molecule has 0 saturated heterocycles. The Balaban J connectivity index is 1.38. The monoisotopic (exact) mass is 540 g/mol. The van der Waals surface area contributed by atoms with Crippen LogP contribution in [0.25, 0.3) is 17.0 Å². The smallest absolute Gasteiger partial charge is 0.240 e. The van der Waals surface area contributed by atoms with Crippen molar-refractivity contribution in [1.82, 2.24) is 24.5 Å². The van der Waals surface area contributed by atoms with Gasteiger partial charge in [-0.15, -0.1) is 15.3 Å². The number of benzene rings is 2. The van der Waals surface area contributed by atoms with Gasteiger partial charge in [-0.2, -0.15) is 4.52 Å². The van der Waals surface area contributed by atoms with Crippen LogP contribution in [-0.4, -0.2) is 61.5 Å². The van der Waals surface area contributed by atoms with Crippen molar-refractivity contribution < 1.29 is 27.4 Å². The highest BCUT2D eigenvalue weighted by molar-refractivity contribution is 7.89. The van der Waals surface area contributed by atoms with E-state index in [0.717, 1.165) is 6.42 Å². The van der Waals surface area contributed by atoms with Gasteiger partial charge in [0.25, 0.3) is 0 Å². The number of carbonyl (C=O) groups is 1. The summed E-state index contributed by atoms with van der Waals surface area (Å²) in [5.74, 6) is 1.75. The molecular formula is C25H28N6O6S. The van der Waals surface area contributed by atoms with Crippen LogP contribution in [0.3, 0.4) is 0 Å². The Morgan fingerprint density at radius 2 is 1.74 bits per heavy atom. The molecule has 12 nitrogen and oxygen atoms in total. The zero-order valence-electron chi connectivity index (χ0n) is 21.2. The number of aromatic nitrogens is 4. The molecule has 4 rings (SSSR count). The minimum absolute atomic E-state index is 0.0156. The van der Waals surface area contributed by atoms with Crippen LogP contribution in [0, 0.1) is 0 Å². The van der Waals surface area contributed by atoms with Crippen LogP contribution >= 0.6 is 0 Å². The van der Waals surface area contributed by atoms with Crippen LogP contribution in [0.4, 0.5) is 5.69 Å². The number of ether oxygens (including phenoxy) is 3. The Morgan fingerprint density at radius 1 is 0.974 bits per heavy atom. The minimum Gasteiger partial charge on any atom is -0.493 e. The molecule has 1 amide bonds. The van der Waals surface area contributed by atoms with Crippen molar-refractivity contribution >= 4 is 27.3 Å². The highest BCUT2D eigenvalue weighted by atomic mass is 32.2. The number of methoxy groups -OCH3 is 2. The molecule has 0 bridgehead atoms. The van der Waals surface area contributed by atoms with E-state index >= 15 is 0 Å². The van der Waals surface area contributed by atoms with Gasteiger partial charge in [-0.1, -0.05) is 6.92 Å². The van der Waals surface area contributed by atoms with E-state index in [2.05, 4.69) is 25.3 Å². The molecule has 0 fully saturated rings. The fourth-order valence-corrected chi connectivity index (χ4v) is 4.60. The van der Waals surface area contributed by atoms with Gasteiger partial charge in [-0.3, -0.25) is 4.79 Å². The maximum Gasteiger partial charge on any atom is 0.240 e. The second kappa shape index (κ2) is 11.9. The lowest BCUT2D eigenvalue weighted by Crippen LogP contribution is -2.28. The average molecular weight is 541 g/mol. The SMILES string of the molecule is CCCC(=O)Nc1ccc(S(=O)(=O)NCCOc2ccc3nnc(-c4ccc(OC)c(OC)c4)n3n2)cc1. The number of hydrogen-bond donors (Lipinski definition) is 2. The molecule has 2 heterocycles. The van der Waals surface area contributed by atoms with Gasteiger partial charge in [-0.25, -0.2) is 13.1 Å². The molecule has 38 heavy (non-hydrogen) atoms. The fraction of sp³-hybridized carbons (Fsp3) is 0.280. The highest BCUT2D eigenvalue weighted by Crippen LogP contribution is 2.31. The van der Waals surface area contributed by atoms with E-state index < -0.39 is 10.0 Å². The third kappa shape index (κ3) is 6.18. The maximum atomic E-state index is 12.6. The van der Waals surface area contributed by atoms with E-state index in [1.165, 1.54) is 16.6 Å². The summed E-state index contributed by atoms with van der Waals surface area (Å²) in [7, 11) is -0.658. The number of amides is 1. The molecule has 0 radical (unpaired) electrons. The molecular weight excluding hydrogens is 512 g/mol. The van der Waals surface area contributed by atoms with Gasteiger partial charge < -0.3 is 19.5 Å². The molecule has 0 aliphatic rings. The van der Waals surface area contributed by atoms with E-state index in [9.17, 15) is 13.2 Å². The summed E-state index contributed by atoms with van der Waals surface area (Å²) < 4.78 is 45.6. The van der Waals surface area contributed by atoms with Gasteiger partial charge in [0.2, 0.25) is 21.8 Å². The molecule has 2 N–H and O–H groups in total.